The van der Waals surface area contributed by atoms with Gasteiger partial charge in [0.1, 0.15) is 0 Å². The minimum absolute atomic E-state index is 0.267. The van der Waals surface area contributed by atoms with Crippen LogP contribution in [0.2, 0.25) is 0 Å². The largest absolute Gasteiger partial charge is 0.466 e. The molecule has 0 radical (unpaired) electrons. The van der Waals surface area contributed by atoms with E-state index in [0.29, 0.717) is 30.5 Å². The number of hydrogen-bond acceptors (Lipinski definition) is 6. The van der Waals surface area contributed by atoms with Gasteiger partial charge in [0.2, 0.25) is 0 Å². The Morgan fingerprint density at radius 3 is 2.40 bits per heavy atom. The second-order valence-electron chi connectivity index (χ2n) is 7.92. The number of carbonyl (C=O) groups is 2. The van der Waals surface area contributed by atoms with Gasteiger partial charge in [-0.25, -0.2) is 4.79 Å². The Bertz CT molecular complexity index is 705. The highest BCUT2D eigenvalue weighted by Crippen LogP contribution is 2.30. The zero-order chi connectivity index (χ0) is 21.9. The molecule has 1 aliphatic carbocycles. The molecule has 2 rings (SSSR count). The zero-order valence-electron chi connectivity index (χ0n) is 18.3. The van der Waals surface area contributed by atoms with Crippen molar-refractivity contribution >= 4 is 33.6 Å². The molecule has 30 heavy (non-hydrogen) atoms. The summed E-state index contributed by atoms with van der Waals surface area (Å²) in [6.45, 7) is 6.04. The molecule has 1 fully saturated rings. The Kier molecular flexibility index (Phi) is 10.6. The van der Waals surface area contributed by atoms with Crippen molar-refractivity contribution in [2.75, 3.05) is 25.5 Å². The van der Waals surface area contributed by atoms with E-state index in [0.717, 1.165) is 42.4 Å². The van der Waals surface area contributed by atoms with Crippen LogP contribution >= 0.6 is 15.9 Å². The predicted octanol–water partition coefficient (Wildman–Crippen LogP) is 5.08. The Labute approximate surface area is 188 Å². The molecule has 6 nitrogen and oxygen atoms in total. The highest BCUT2D eigenvalue weighted by atomic mass is 79.9. The van der Waals surface area contributed by atoms with Crippen LogP contribution in [-0.4, -0.2) is 42.6 Å². The molecule has 1 aromatic rings. The zero-order valence-corrected chi connectivity index (χ0v) is 19.8. The SMILES string of the molecule is CCN(Cc1cc(C(=O)OCCCCCOC(C)=O)cc(Br)c1N)C1CCCCC1. The number of rotatable bonds is 11. The lowest BCUT2D eigenvalue weighted by atomic mass is 9.93. The van der Waals surface area contributed by atoms with E-state index in [1.54, 1.807) is 6.07 Å². The van der Waals surface area contributed by atoms with E-state index in [-0.39, 0.29) is 11.9 Å². The Morgan fingerprint density at radius 2 is 1.77 bits per heavy atom. The van der Waals surface area contributed by atoms with Crippen LogP contribution in [0, 0.1) is 0 Å². The first-order valence-electron chi connectivity index (χ1n) is 11.0. The van der Waals surface area contributed by atoms with Gasteiger partial charge in [-0.2, -0.15) is 0 Å². The first-order chi connectivity index (χ1) is 14.4. The number of anilines is 1. The van der Waals surface area contributed by atoms with E-state index < -0.39 is 0 Å². The van der Waals surface area contributed by atoms with Crippen molar-refractivity contribution in [3.8, 4) is 0 Å². The molecule has 0 unspecified atom stereocenters. The summed E-state index contributed by atoms with van der Waals surface area (Å²) in [5, 5.41) is 0. The molecular weight excluding hydrogens is 448 g/mol. The van der Waals surface area contributed by atoms with Gasteiger partial charge in [-0.1, -0.05) is 26.2 Å². The van der Waals surface area contributed by atoms with Gasteiger partial charge in [0.25, 0.3) is 0 Å². The number of unbranched alkanes of at least 4 members (excludes halogenated alkanes) is 2. The van der Waals surface area contributed by atoms with Gasteiger partial charge >= 0.3 is 11.9 Å². The van der Waals surface area contributed by atoms with Crippen LogP contribution in [0.5, 0.6) is 0 Å². The molecule has 0 spiro atoms. The van der Waals surface area contributed by atoms with Crippen LogP contribution in [0.25, 0.3) is 0 Å². The summed E-state index contributed by atoms with van der Waals surface area (Å²) in [6, 6.07) is 4.19. The number of benzene rings is 1. The lowest BCUT2D eigenvalue weighted by Gasteiger charge is -2.34. The number of carbonyl (C=O) groups excluding carboxylic acids is 2. The molecule has 0 bridgehead atoms. The molecule has 1 saturated carbocycles. The van der Waals surface area contributed by atoms with Crippen LogP contribution in [-0.2, 0) is 20.8 Å². The van der Waals surface area contributed by atoms with Crippen molar-refractivity contribution in [2.24, 2.45) is 0 Å². The minimum atomic E-state index is -0.336. The normalized spacial score (nSPS) is 14.7. The van der Waals surface area contributed by atoms with Gasteiger partial charge in [0.15, 0.2) is 0 Å². The second kappa shape index (κ2) is 13.0. The molecule has 0 saturated heterocycles. The monoisotopic (exact) mass is 482 g/mol. The summed E-state index contributed by atoms with van der Waals surface area (Å²) in [7, 11) is 0. The van der Waals surface area contributed by atoms with E-state index in [9.17, 15) is 9.59 Å². The van der Waals surface area contributed by atoms with Gasteiger partial charge in [0.05, 0.1) is 24.5 Å². The average molecular weight is 483 g/mol. The van der Waals surface area contributed by atoms with Gasteiger partial charge in [-0.05, 0) is 72.3 Å². The molecule has 1 aromatic carbocycles. The van der Waals surface area contributed by atoms with Crippen molar-refractivity contribution in [3.63, 3.8) is 0 Å². The van der Waals surface area contributed by atoms with E-state index in [2.05, 4.69) is 27.8 Å². The predicted molar refractivity (Wildman–Crippen MR) is 122 cm³/mol. The Balaban J connectivity index is 1.91. The fourth-order valence-electron chi connectivity index (χ4n) is 3.93. The first-order valence-corrected chi connectivity index (χ1v) is 11.8. The van der Waals surface area contributed by atoms with Crippen LogP contribution in [0.1, 0.15) is 81.1 Å². The van der Waals surface area contributed by atoms with Crippen molar-refractivity contribution in [1.29, 1.82) is 0 Å². The highest BCUT2D eigenvalue weighted by molar-refractivity contribution is 9.10. The fourth-order valence-corrected chi connectivity index (χ4v) is 4.43. The Hall–Kier alpha value is -1.60. The third-order valence-corrected chi connectivity index (χ3v) is 6.30. The molecule has 0 aliphatic heterocycles. The maximum atomic E-state index is 12.5. The number of nitrogens with zero attached hydrogens (tertiary/aromatic N) is 1. The van der Waals surface area contributed by atoms with E-state index in [1.807, 2.05) is 6.07 Å². The van der Waals surface area contributed by atoms with Crippen molar-refractivity contribution in [1.82, 2.24) is 4.90 Å². The number of nitrogen functional groups attached to an aromatic ring is 1. The van der Waals surface area contributed by atoms with Crippen LogP contribution < -0.4 is 5.73 Å². The van der Waals surface area contributed by atoms with Gasteiger partial charge in [0, 0.05) is 24.0 Å². The van der Waals surface area contributed by atoms with E-state index >= 15 is 0 Å². The van der Waals surface area contributed by atoms with Crippen LogP contribution in [0.3, 0.4) is 0 Å². The van der Waals surface area contributed by atoms with Gasteiger partial charge in [-0.15, -0.1) is 0 Å². The molecule has 1 aliphatic rings. The molecule has 0 amide bonds. The van der Waals surface area contributed by atoms with E-state index in [4.69, 9.17) is 15.2 Å². The molecule has 2 N–H and O–H groups in total. The Morgan fingerprint density at radius 1 is 1.10 bits per heavy atom. The average Bonchev–Trinajstić information content (AvgIpc) is 2.74. The maximum Gasteiger partial charge on any atom is 0.338 e. The van der Waals surface area contributed by atoms with Crippen molar-refractivity contribution < 1.29 is 19.1 Å². The second-order valence-corrected chi connectivity index (χ2v) is 8.78. The maximum absolute atomic E-state index is 12.5. The molecule has 168 valence electrons. The number of halogens is 1. The van der Waals surface area contributed by atoms with Gasteiger partial charge < -0.3 is 15.2 Å². The number of nitrogens with two attached hydrogens (primary N) is 1. The fraction of sp³-hybridized carbons (Fsp3) is 0.652. The third kappa shape index (κ3) is 7.91. The van der Waals surface area contributed by atoms with Crippen molar-refractivity contribution in [2.45, 2.75) is 77.8 Å². The van der Waals surface area contributed by atoms with Crippen LogP contribution in [0.4, 0.5) is 5.69 Å². The summed E-state index contributed by atoms with van der Waals surface area (Å²) in [4.78, 5) is 25.7. The minimum Gasteiger partial charge on any atom is -0.466 e. The lowest BCUT2D eigenvalue weighted by molar-refractivity contribution is -0.141. The molecule has 0 heterocycles. The molecular formula is C23H35BrN2O4. The number of esters is 2. The topological polar surface area (TPSA) is 81.9 Å². The molecule has 7 heteroatoms. The highest BCUT2D eigenvalue weighted by Gasteiger charge is 2.22. The summed E-state index contributed by atoms with van der Waals surface area (Å²) >= 11 is 3.50. The quantitative estimate of drug-likeness (QED) is 0.269. The number of ether oxygens (including phenoxy) is 2. The summed E-state index contributed by atoms with van der Waals surface area (Å²) in [5.41, 5.74) is 8.48. The number of hydrogen-bond donors (Lipinski definition) is 1. The lowest BCUT2D eigenvalue weighted by Crippen LogP contribution is -2.36. The summed E-state index contributed by atoms with van der Waals surface area (Å²) in [5.74, 6) is -0.603. The van der Waals surface area contributed by atoms with E-state index in [1.165, 1.54) is 39.0 Å². The summed E-state index contributed by atoms with van der Waals surface area (Å²) in [6.07, 6.45) is 8.70. The molecule has 0 aromatic heterocycles. The first kappa shape index (κ1) is 24.7. The molecule has 0 atom stereocenters. The summed E-state index contributed by atoms with van der Waals surface area (Å²) < 4.78 is 11.1. The smallest absolute Gasteiger partial charge is 0.338 e. The van der Waals surface area contributed by atoms with Gasteiger partial charge in [-0.3, -0.25) is 9.69 Å². The standard InChI is InChI=1S/C23H35BrN2O4/c1-3-26(20-10-6-4-7-11-20)16-19-14-18(15-21(24)22(19)25)23(28)30-13-9-5-8-12-29-17(2)27/h14-15,20H,3-13,16,25H2,1-2H3. The third-order valence-electron chi connectivity index (χ3n) is 5.65. The van der Waals surface area contributed by atoms with Crippen molar-refractivity contribution in [3.05, 3.63) is 27.7 Å². The van der Waals surface area contributed by atoms with Crippen LogP contribution in [0.15, 0.2) is 16.6 Å².